The Labute approximate surface area is 103 Å². The van der Waals surface area contributed by atoms with E-state index in [2.05, 4.69) is 54.0 Å². The molecule has 0 aliphatic heterocycles. The maximum absolute atomic E-state index is 3.33. The molecule has 17 heavy (non-hydrogen) atoms. The lowest BCUT2D eigenvalue weighted by molar-refractivity contribution is 0.559. The molecule has 2 aromatic rings. The van der Waals surface area contributed by atoms with Crippen molar-refractivity contribution in [3.63, 3.8) is 0 Å². The van der Waals surface area contributed by atoms with Crippen LogP contribution in [0.2, 0.25) is 0 Å². The molecule has 0 heterocycles. The first kappa shape index (κ1) is 12.1. The van der Waals surface area contributed by atoms with E-state index >= 15 is 0 Å². The van der Waals surface area contributed by atoms with Gasteiger partial charge in [0.15, 0.2) is 0 Å². The van der Waals surface area contributed by atoms with Gasteiger partial charge >= 0.3 is 0 Å². The van der Waals surface area contributed by atoms with E-state index in [1.54, 1.807) is 0 Å². The third-order valence-electron chi connectivity index (χ3n) is 3.18. The first-order valence-corrected chi connectivity index (χ1v) is 6.07. The van der Waals surface area contributed by atoms with Gasteiger partial charge in [-0.05, 0) is 43.4 Å². The zero-order valence-corrected chi connectivity index (χ0v) is 10.7. The van der Waals surface area contributed by atoms with Crippen molar-refractivity contribution >= 4 is 10.8 Å². The topological polar surface area (TPSA) is 24.1 Å². The molecule has 0 aliphatic carbocycles. The van der Waals surface area contributed by atoms with Gasteiger partial charge in [0, 0.05) is 12.6 Å². The van der Waals surface area contributed by atoms with Gasteiger partial charge in [-0.25, -0.2) is 0 Å². The van der Waals surface area contributed by atoms with Gasteiger partial charge in [0.2, 0.25) is 0 Å². The highest BCUT2D eigenvalue weighted by molar-refractivity contribution is 5.83. The molecule has 1 unspecified atom stereocenters. The maximum Gasteiger partial charge on any atom is 0.0444 e. The van der Waals surface area contributed by atoms with Crippen LogP contribution in [0.3, 0.4) is 0 Å². The van der Waals surface area contributed by atoms with E-state index in [0.29, 0.717) is 6.04 Å². The van der Waals surface area contributed by atoms with Gasteiger partial charge in [-0.15, -0.1) is 0 Å². The van der Waals surface area contributed by atoms with Crippen LogP contribution in [0.15, 0.2) is 36.4 Å². The minimum Gasteiger partial charge on any atom is -0.318 e. The molecule has 0 aliphatic rings. The fraction of sp³-hybridized carbons (Fsp3) is 0.333. The lowest BCUT2D eigenvalue weighted by atomic mass is 10.0. The van der Waals surface area contributed by atoms with Crippen molar-refractivity contribution in [3.8, 4) is 0 Å². The Balaban J connectivity index is 2.40. The normalized spacial score (nSPS) is 12.9. The fourth-order valence-electron chi connectivity index (χ4n) is 2.19. The molecule has 2 aromatic carbocycles. The summed E-state index contributed by atoms with van der Waals surface area (Å²) in [7, 11) is 3.98. The number of likely N-dealkylation sites (N-methyl/N-ethyl adjacent to an activating group) is 2. The molecule has 2 rings (SSSR count). The van der Waals surface area contributed by atoms with E-state index in [0.717, 1.165) is 6.54 Å². The highest BCUT2D eigenvalue weighted by Crippen LogP contribution is 2.21. The van der Waals surface area contributed by atoms with Crippen molar-refractivity contribution in [2.45, 2.75) is 13.0 Å². The van der Waals surface area contributed by atoms with Crippen LogP contribution in [-0.2, 0) is 0 Å². The SMILES string of the molecule is CNCC(NC)c1ccc2cc(C)ccc2c1. The Morgan fingerprint density at radius 3 is 2.41 bits per heavy atom. The number of rotatable bonds is 4. The maximum atomic E-state index is 3.33. The summed E-state index contributed by atoms with van der Waals surface area (Å²) in [6.07, 6.45) is 0. The van der Waals surface area contributed by atoms with E-state index in [1.807, 2.05) is 14.1 Å². The molecule has 2 nitrogen and oxygen atoms in total. The Morgan fingerprint density at radius 1 is 1.00 bits per heavy atom. The van der Waals surface area contributed by atoms with Gasteiger partial charge in [-0.2, -0.15) is 0 Å². The number of aryl methyl sites for hydroxylation is 1. The molecular weight excluding hydrogens is 208 g/mol. The summed E-state index contributed by atoms with van der Waals surface area (Å²) in [6.45, 7) is 3.07. The predicted molar refractivity (Wildman–Crippen MR) is 74.4 cm³/mol. The number of benzene rings is 2. The smallest absolute Gasteiger partial charge is 0.0444 e. The van der Waals surface area contributed by atoms with Crippen molar-refractivity contribution in [2.75, 3.05) is 20.6 Å². The summed E-state index contributed by atoms with van der Waals surface area (Å²) in [4.78, 5) is 0. The average Bonchev–Trinajstić information content (AvgIpc) is 2.35. The number of nitrogens with one attached hydrogen (secondary N) is 2. The molecule has 1 atom stereocenters. The number of fused-ring (bicyclic) bond motifs is 1. The Kier molecular flexibility index (Phi) is 3.77. The first-order valence-electron chi connectivity index (χ1n) is 6.07. The van der Waals surface area contributed by atoms with Gasteiger partial charge in [-0.3, -0.25) is 0 Å². The second-order valence-corrected chi connectivity index (χ2v) is 4.51. The first-order chi connectivity index (χ1) is 8.24. The van der Waals surface area contributed by atoms with Gasteiger partial charge in [0.05, 0.1) is 0 Å². The lowest BCUT2D eigenvalue weighted by Crippen LogP contribution is -2.27. The van der Waals surface area contributed by atoms with Gasteiger partial charge in [-0.1, -0.05) is 35.9 Å². The van der Waals surface area contributed by atoms with E-state index in [-0.39, 0.29) is 0 Å². The average molecular weight is 228 g/mol. The molecule has 0 radical (unpaired) electrons. The van der Waals surface area contributed by atoms with Crippen LogP contribution >= 0.6 is 0 Å². The molecule has 0 bridgehead atoms. The standard InChI is InChI=1S/C15H20N2/c1-11-4-5-13-9-14(7-6-12(13)8-11)15(17-3)10-16-2/h4-9,15-17H,10H2,1-3H3. The predicted octanol–water partition coefficient (Wildman–Crippen LogP) is 2.63. The van der Waals surface area contributed by atoms with Crippen LogP contribution in [0.4, 0.5) is 0 Å². The van der Waals surface area contributed by atoms with Crippen molar-refractivity contribution < 1.29 is 0 Å². The molecule has 0 spiro atoms. The summed E-state index contributed by atoms with van der Waals surface area (Å²) < 4.78 is 0. The van der Waals surface area contributed by atoms with E-state index in [9.17, 15) is 0 Å². The summed E-state index contributed by atoms with van der Waals surface area (Å²) >= 11 is 0. The molecule has 2 N–H and O–H groups in total. The second-order valence-electron chi connectivity index (χ2n) is 4.51. The molecule has 0 aromatic heterocycles. The second kappa shape index (κ2) is 5.30. The lowest BCUT2D eigenvalue weighted by Gasteiger charge is -2.16. The molecule has 0 amide bonds. The summed E-state index contributed by atoms with van der Waals surface area (Å²) in [5, 5.41) is 9.17. The van der Waals surface area contributed by atoms with Gasteiger partial charge in [0.25, 0.3) is 0 Å². The van der Waals surface area contributed by atoms with Crippen molar-refractivity contribution in [1.29, 1.82) is 0 Å². The van der Waals surface area contributed by atoms with Crippen LogP contribution in [0.1, 0.15) is 17.2 Å². The third-order valence-corrected chi connectivity index (χ3v) is 3.18. The van der Waals surface area contributed by atoms with Crippen molar-refractivity contribution in [3.05, 3.63) is 47.5 Å². The molecular formula is C15H20N2. The quantitative estimate of drug-likeness (QED) is 0.840. The third kappa shape index (κ3) is 2.65. The van der Waals surface area contributed by atoms with Gasteiger partial charge in [0.1, 0.15) is 0 Å². The van der Waals surface area contributed by atoms with E-state index < -0.39 is 0 Å². The van der Waals surface area contributed by atoms with Crippen LogP contribution in [0.25, 0.3) is 10.8 Å². The highest BCUT2D eigenvalue weighted by atomic mass is 14.9. The highest BCUT2D eigenvalue weighted by Gasteiger charge is 2.08. The van der Waals surface area contributed by atoms with Crippen molar-refractivity contribution in [1.82, 2.24) is 10.6 Å². The zero-order chi connectivity index (χ0) is 12.3. The van der Waals surface area contributed by atoms with Crippen molar-refractivity contribution in [2.24, 2.45) is 0 Å². The summed E-state index contributed by atoms with van der Waals surface area (Å²) in [5.41, 5.74) is 2.64. The molecule has 0 saturated heterocycles. The van der Waals surface area contributed by atoms with Crippen LogP contribution < -0.4 is 10.6 Å². The number of hydrogen-bond donors (Lipinski definition) is 2. The monoisotopic (exact) mass is 228 g/mol. The molecule has 0 saturated carbocycles. The fourth-order valence-corrected chi connectivity index (χ4v) is 2.19. The zero-order valence-electron chi connectivity index (χ0n) is 10.7. The number of hydrogen-bond acceptors (Lipinski definition) is 2. The largest absolute Gasteiger partial charge is 0.318 e. The van der Waals surface area contributed by atoms with Crippen LogP contribution in [-0.4, -0.2) is 20.6 Å². The Bertz CT molecular complexity index is 505. The van der Waals surface area contributed by atoms with E-state index in [4.69, 9.17) is 0 Å². The summed E-state index contributed by atoms with van der Waals surface area (Å²) in [5.74, 6) is 0. The van der Waals surface area contributed by atoms with Crippen LogP contribution in [0, 0.1) is 6.92 Å². The van der Waals surface area contributed by atoms with Crippen LogP contribution in [0.5, 0.6) is 0 Å². The molecule has 2 heteroatoms. The van der Waals surface area contributed by atoms with E-state index in [1.165, 1.54) is 21.9 Å². The minimum atomic E-state index is 0.366. The summed E-state index contributed by atoms with van der Waals surface area (Å²) in [6, 6.07) is 13.6. The minimum absolute atomic E-state index is 0.366. The van der Waals surface area contributed by atoms with Gasteiger partial charge < -0.3 is 10.6 Å². The Hall–Kier alpha value is -1.38. The molecule has 0 fully saturated rings. The Morgan fingerprint density at radius 2 is 1.71 bits per heavy atom. The molecule has 90 valence electrons.